The fourth-order valence-electron chi connectivity index (χ4n) is 1.62. The highest BCUT2D eigenvalue weighted by molar-refractivity contribution is 6.31. The summed E-state index contributed by atoms with van der Waals surface area (Å²) in [5, 5.41) is 23.5. The maximum Gasteiger partial charge on any atom is 0.269 e. The number of anilines is 1. The van der Waals surface area contributed by atoms with E-state index in [9.17, 15) is 15.2 Å². The van der Waals surface area contributed by atoms with Crippen LogP contribution in [0.5, 0.6) is 5.75 Å². The van der Waals surface area contributed by atoms with Gasteiger partial charge in [0.2, 0.25) is 0 Å². The van der Waals surface area contributed by atoms with Gasteiger partial charge in [0.15, 0.2) is 0 Å². The number of aromatic hydroxyl groups is 1. The van der Waals surface area contributed by atoms with Crippen molar-refractivity contribution in [1.82, 2.24) is 0 Å². The Morgan fingerprint density at radius 1 is 1.26 bits per heavy atom. The van der Waals surface area contributed by atoms with E-state index in [0.29, 0.717) is 22.8 Å². The van der Waals surface area contributed by atoms with Crippen LogP contribution < -0.4 is 5.32 Å². The first-order chi connectivity index (χ1) is 9.06. The summed E-state index contributed by atoms with van der Waals surface area (Å²) in [7, 11) is 0. The van der Waals surface area contributed by atoms with Crippen molar-refractivity contribution < 1.29 is 10.0 Å². The van der Waals surface area contributed by atoms with E-state index in [1.165, 1.54) is 18.2 Å². The average molecular weight is 279 g/mol. The van der Waals surface area contributed by atoms with Gasteiger partial charge in [0.25, 0.3) is 5.69 Å². The predicted octanol–water partition coefficient (Wildman–Crippen LogP) is 3.57. The third kappa shape index (κ3) is 3.35. The Bertz CT molecular complexity index is 617. The Kier molecular flexibility index (Phi) is 3.87. The smallest absolute Gasteiger partial charge is 0.269 e. The zero-order valence-corrected chi connectivity index (χ0v) is 10.6. The summed E-state index contributed by atoms with van der Waals surface area (Å²) in [5.41, 5.74) is 1.33. The summed E-state index contributed by atoms with van der Waals surface area (Å²) in [6.07, 6.45) is 0. The first kappa shape index (κ1) is 13.2. The summed E-state index contributed by atoms with van der Waals surface area (Å²) in [6, 6.07) is 10.9. The van der Waals surface area contributed by atoms with Crippen LogP contribution in [0, 0.1) is 10.1 Å². The van der Waals surface area contributed by atoms with E-state index in [1.54, 1.807) is 24.3 Å². The molecule has 98 valence electrons. The van der Waals surface area contributed by atoms with E-state index in [-0.39, 0.29) is 11.4 Å². The van der Waals surface area contributed by atoms with Gasteiger partial charge in [0.05, 0.1) is 4.92 Å². The maximum atomic E-state index is 10.7. The van der Waals surface area contributed by atoms with Gasteiger partial charge in [-0.25, -0.2) is 0 Å². The van der Waals surface area contributed by atoms with E-state index in [4.69, 9.17) is 11.6 Å². The molecule has 0 unspecified atom stereocenters. The van der Waals surface area contributed by atoms with Crippen molar-refractivity contribution in [3.63, 3.8) is 0 Å². The molecule has 2 aromatic rings. The number of hydrogen-bond donors (Lipinski definition) is 2. The van der Waals surface area contributed by atoms with Crippen molar-refractivity contribution in [2.24, 2.45) is 0 Å². The zero-order valence-electron chi connectivity index (χ0n) is 9.84. The number of non-ortho nitro benzene ring substituents is 1. The van der Waals surface area contributed by atoms with Crippen molar-refractivity contribution >= 4 is 23.0 Å². The number of benzene rings is 2. The van der Waals surface area contributed by atoms with Crippen LogP contribution in [0.1, 0.15) is 5.56 Å². The second kappa shape index (κ2) is 5.58. The molecule has 0 atom stereocenters. The molecular weight excluding hydrogens is 268 g/mol. The summed E-state index contributed by atoms with van der Waals surface area (Å²) in [6.45, 7) is 0.337. The number of phenolic OH excluding ortho intramolecular Hbond substituents is 1. The first-order valence-electron chi connectivity index (χ1n) is 5.52. The minimum absolute atomic E-state index is 0.00268. The second-order valence-corrected chi connectivity index (χ2v) is 4.34. The Labute approximate surface area is 114 Å². The number of rotatable bonds is 4. The van der Waals surface area contributed by atoms with Crippen LogP contribution in [0.15, 0.2) is 42.5 Å². The summed E-state index contributed by atoms with van der Waals surface area (Å²) < 4.78 is 0. The molecule has 0 aliphatic rings. The molecule has 2 rings (SSSR count). The summed E-state index contributed by atoms with van der Waals surface area (Å²) in [4.78, 5) is 10.2. The van der Waals surface area contributed by atoms with E-state index in [2.05, 4.69) is 5.32 Å². The highest BCUT2D eigenvalue weighted by Gasteiger charge is 2.09. The zero-order chi connectivity index (χ0) is 13.8. The number of nitrogens with zero attached hydrogens (tertiary/aromatic N) is 1. The molecule has 19 heavy (non-hydrogen) atoms. The van der Waals surface area contributed by atoms with Gasteiger partial charge in [-0.1, -0.05) is 17.7 Å². The molecule has 6 heteroatoms. The monoisotopic (exact) mass is 278 g/mol. The van der Waals surface area contributed by atoms with Gasteiger partial charge < -0.3 is 10.4 Å². The molecule has 0 fully saturated rings. The van der Waals surface area contributed by atoms with Crippen LogP contribution in [0.4, 0.5) is 11.4 Å². The van der Waals surface area contributed by atoms with Gasteiger partial charge in [-0.15, -0.1) is 0 Å². The quantitative estimate of drug-likeness (QED) is 0.662. The fourth-order valence-corrected chi connectivity index (χ4v) is 1.81. The lowest BCUT2D eigenvalue weighted by Gasteiger charge is -2.08. The van der Waals surface area contributed by atoms with Gasteiger partial charge in [0.1, 0.15) is 5.75 Å². The van der Waals surface area contributed by atoms with Crippen LogP contribution >= 0.6 is 11.6 Å². The van der Waals surface area contributed by atoms with Crippen molar-refractivity contribution in [2.75, 3.05) is 5.32 Å². The standard InChI is InChI=1S/C13H11ClN2O3/c14-13-5-4-11(16(18)19)6-9(13)8-15-10-2-1-3-12(17)7-10/h1-7,15,17H,8H2. The minimum atomic E-state index is -0.464. The number of halogens is 1. The van der Waals surface area contributed by atoms with Crippen LogP contribution in [-0.2, 0) is 6.54 Å². The van der Waals surface area contributed by atoms with Crippen molar-refractivity contribution in [3.8, 4) is 5.75 Å². The largest absolute Gasteiger partial charge is 0.508 e. The van der Waals surface area contributed by atoms with Crippen LogP contribution in [0.25, 0.3) is 0 Å². The molecule has 0 aromatic heterocycles. The Balaban J connectivity index is 2.15. The molecule has 0 spiro atoms. The lowest BCUT2D eigenvalue weighted by atomic mass is 10.2. The second-order valence-electron chi connectivity index (χ2n) is 3.94. The van der Waals surface area contributed by atoms with Crippen molar-refractivity contribution in [3.05, 3.63) is 63.2 Å². The van der Waals surface area contributed by atoms with E-state index in [0.717, 1.165) is 0 Å². The number of hydrogen-bond acceptors (Lipinski definition) is 4. The third-order valence-corrected chi connectivity index (χ3v) is 2.94. The average Bonchev–Trinajstić information content (AvgIpc) is 2.37. The Morgan fingerprint density at radius 2 is 2.05 bits per heavy atom. The van der Waals surface area contributed by atoms with E-state index < -0.39 is 4.92 Å². The van der Waals surface area contributed by atoms with Gasteiger partial charge in [-0.2, -0.15) is 0 Å². The third-order valence-electron chi connectivity index (χ3n) is 2.57. The van der Waals surface area contributed by atoms with Gasteiger partial charge in [0, 0.05) is 35.5 Å². The molecule has 0 aliphatic heterocycles. The number of nitro benzene ring substituents is 1. The molecule has 0 saturated carbocycles. The van der Waals surface area contributed by atoms with Crippen LogP contribution in [0.3, 0.4) is 0 Å². The highest BCUT2D eigenvalue weighted by Crippen LogP contribution is 2.23. The predicted molar refractivity (Wildman–Crippen MR) is 73.5 cm³/mol. The minimum Gasteiger partial charge on any atom is -0.508 e. The normalized spacial score (nSPS) is 10.2. The molecule has 0 heterocycles. The fraction of sp³-hybridized carbons (Fsp3) is 0.0769. The highest BCUT2D eigenvalue weighted by atomic mass is 35.5. The number of phenols is 1. The lowest BCUT2D eigenvalue weighted by Crippen LogP contribution is -2.01. The van der Waals surface area contributed by atoms with E-state index >= 15 is 0 Å². The molecule has 0 bridgehead atoms. The van der Waals surface area contributed by atoms with Crippen LogP contribution in [-0.4, -0.2) is 10.0 Å². The SMILES string of the molecule is O=[N+]([O-])c1ccc(Cl)c(CNc2cccc(O)c2)c1. The first-order valence-corrected chi connectivity index (χ1v) is 5.90. The van der Waals surface area contributed by atoms with Gasteiger partial charge in [-0.3, -0.25) is 10.1 Å². The molecule has 2 N–H and O–H groups in total. The summed E-state index contributed by atoms with van der Waals surface area (Å²) in [5.74, 6) is 0.148. The van der Waals surface area contributed by atoms with Crippen molar-refractivity contribution in [2.45, 2.75) is 6.54 Å². The molecule has 0 amide bonds. The Hall–Kier alpha value is -2.27. The topological polar surface area (TPSA) is 75.4 Å². The number of nitro groups is 1. The summed E-state index contributed by atoms with van der Waals surface area (Å²) >= 11 is 5.99. The molecule has 5 nitrogen and oxygen atoms in total. The molecule has 0 saturated heterocycles. The maximum absolute atomic E-state index is 10.7. The molecule has 2 aromatic carbocycles. The lowest BCUT2D eigenvalue weighted by molar-refractivity contribution is -0.384. The van der Waals surface area contributed by atoms with E-state index in [1.807, 2.05) is 0 Å². The Morgan fingerprint density at radius 3 is 2.74 bits per heavy atom. The molecule has 0 aliphatic carbocycles. The molecule has 0 radical (unpaired) electrons. The van der Waals surface area contributed by atoms with Crippen molar-refractivity contribution in [1.29, 1.82) is 0 Å². The van der Waals surface area contributed by atoms with Crippen LogP contribution in [0.2, 0.25) is 5.02 Å². The number of nitrogens with one attached hydrogen (secondary N) is 1. The molecular formula is C13H11ClN2O3. The van der Waals surface area contributed by atoms with Gasteiger partial charge in [-0.05, 0) is 23.8 Å². The van der Waals surface area contributed by atoms with Gasteiger partial charge >= 0.3 is 0 Å².